The lowest BCUT2D eigenvalue weighted by molar-refractivity contribution is 0.159. The Labute approximate surface area is 107 Å². The number of aliphatic hydroxyl groups is 1. The molecule has 0 saturated heterocycles. The smallest absolute Gasteiger partial charge is 0.141 e. The molecule has 0 spiro atoms. The van der Waals surface area contributed by atoms with E-state index in [2.05, 4.69) is 5.32 Å². The number of aliphatic hydroxyl groups excluding tert-OH is 1. The molecule has 0 aliphatic heterocycles. The van der Waals surface area contributed by atoms with Crippen molar-refractivity contribution >= 4 is 11.6 Å². The summed E-state index contributed by atoms with van der Waals surface area (Å²) in [7, 11) is 0. The van der Waals surface area contributed by atoms with Gasteiger partial charge in [0.2, 0.25) is 0 Å². The van der Waals surface area contributed by atoms with Gasteiger partial charge in [-0.25, -0.2) is 4.39 Å². The molecule has 1 rings (SSSR count). The van der Waals surface area contributed by atoms with E-state index in [0.717, 1.165) is 24.9 Å². The fourth-order valence-electron chi connectivity index (χ4n) is 1.57. The molecule has 0 aliphatic rings. The van der Waals surface area contributed by atoms with E-state index < -0.39 is 5.82 Å². The Morgan fingerprint density at radius 1 is 1.47 bits per heavy atom. The summed E-state index contributed by atoms with van der Waals surface area (Å²) in [4.78, 5) is 0. The van der Waals surface area contributed by atoms with E-state index in [0.29, 0.717) is 0 Å². The highest BCUT2D eigenvalue weighted by atomic mass is 35.5. The van der Waals surface area contributed by atoms with Crippen LogP contribution < -0.4 is 5.32 Å². The second-order valence-electron chi connectivity index (χ2n) is 4.20. The maximum absolute atomic E-state index is 13.0. The predicted octanol–water partition coefficient (Wildman–Crippen LogP) is 3.29. The van der Waals surface area contributed by atoms with E-state index in [-0.39, 0.29) is 17.2 Å². The minimum atomic E-state index is -0.399. The van der Waals surface area contributed by atoms with Crippen LogP contribution in [0.3, 0.4) is 0 Å². The predicted molar refractivity (Wildman–Crippen MR) is 68.7 cm³/mol. The molecule has 0 saturated carbocycles. The van der Waals surface area contributed by atoms with Gasteiger partial charge >= 0.3 is 0 Å². The topological polar surface area (TPSA) is 32.3 Å². The lowest BCUT2D eigenvalue weighted by atomic mass is 10.1. The highest BCUT2D eigenvalue weighted by Crippen LogP contribution is 2.20. The Morgan fingerprint density at radius 3 is 2.76 bits per heavy atom. The van der Waals surface area contributed by atoms with Crippen LogP contribution >= 0.6 is 11.6 Å². The molecule has 2 nitrogen and oxygen atoms in total. The first kappa shape index (κ1) is 14.4. The van der Waals surface area contributed by atoms with Crippen LogP contribution in [0, 0.1) is 5.82 Å². The second kappa shape index (κ2) is 6.94. The van der Waals surface area contributed by atoms with E-state index in [1.807, 2.05) is 13.8 Å². The third kappa shape index (κ3) is 4.62. The molecule has 1 aromatic carbocycles. The first-order chi connectivity index (χ1) is 8.04. The van der Waals surface area contributed by atoms with Gasteiger partial charge < -0.3 is 10.4 Å². The van der Waals surface area contributed by atoms with Crippen LogP contribution in [0.15, 0.2) is 18.2 Å². The summed E-state index contributed by atoms with van der Waals surface area (Å²) in [5.41, 5.74) is 0.947. The fraction of sp³-hybridized carbons (Fsp3) is 0.538. The zero-order valence-corrected chi connectivity index (χ0v) is 11.0. The zero-order chi connectivity index (χ0) is 12.8. The summed E-state index contributed by atoms with van der Waals surface area (Å²) in [6.07, 6.45) is 1.22. The normalized spacial score (nSPS) is 14.6. The molecule has 1 aromatic rings. The molecule has 0 bridgehead atoms. The molecule has 0 radical (unpaired) electrons. The number of hydrogen-bond acceptors (Lipinski definition) is 2. The van der Waals surface area contributed by atoms with Gasteiger partial charge in [0.15, 0.2) is 0 Å². The lowest BCUT2D eigenvalue weighted by Crippen LogP contribution is -2.23. The van der Waals surface area contributed by atoms with Gasteiger partial charge in [0.05, 0.1) is 11.1 Å². The SMILES string of the molecule is CCC(O)CCNC(C)c1ccc(F)c(Cl)c1. The van der Waals surface area contributed by atoms with Crippen molar-refractivity contribution in [2.45, 2.75) is 38.8 Å². The maximum Gasteiger partial charge on any atom is 0.141 e. The quantitative estimate of drug-likeness (QED) is 0.822. The molecule has 2 unspecified atom stereocenters. The van der Waals surface area contributed by atoms with Crippen LogP contribution in [0.2, 0.25) is 5.02 Å². The fourth-order valence-corrected chi connectivity index (χ4v) is 1.76. The largest absolute Gasteiger partial charge is 0.393 e. The van der Waals surface area contributed by atoms with Crippen molar-refractivity contribution in [2.75, 3.05) is 6.54 Å². The molecule has 0 aliphatic carbocycles. The van der Waals surface area contributed by atoms with Crippen LogP contribution in [0.25, 0.3) is 0 Å². The number of rotatable bonds is 6. The summed E-state index contributed by atoms with van der Waals surface area (Å²) in [6.45, 7) is 4.67. The third-order valence-electron chi connectivity index (χ3n) is 2.84. The first-order valence-corrected chi connectivity index (χ1v) is 6.28. The van der Waals surface area contributed by atoms with E-state index >= 15 is 0 Å². The highest BCUT2D eigenvalue weighted by molar-refractivity contribution is 6.30. The van der Waals surface area contributed by atoms with Gasteiger partial charge in [0, 0.05) is 6.04 Å². The first-order valence-electron chi connectivity index (χ1n) is 5.91. The van der Waals surface area contributed by atoms with Crippen molar-refractivity contribution in [2.24, 2.45) is 0 Å². The van der Waals surface area contributed by atoms with Crippen LogP contribution in [0.5, 0.6) is 0 Å². The van der Waals surface area contributed by atoms with Gasteiger partial charge in [0.25, 0.3) is 0 Å². The van der Waals surface area contributed by atoms with E-state index in [9.17, 15) is 9.50 Å². The Morgan fingerprint density at radius 2 is 2.18 bits per heavy atom. The van der Waals surface area contributed by atoms with Gasteiger partial charge in [-0.2, -0.15) is 0 Å². The second-order valence-corrected chi connectivity index (χ2v) is 4.61. The Hall–Kier alpha value is -0.640. The molecular weight excluding hydrogens is 241 g/mol. The summed E-state index contributed by atoms with van der Waals surface area (Å²) in [6, 6.07) is 4.81. The Balaban J connectivity index is 2.46. The molecule has 0 heterocycles. The van der Waals surface area contributed by atoms with Gasteiger partial charge in [0.1, 0.15) is 5.82 Å². The van der Waals surface area contributed by atoms with Gasteiger partial charge in [-0.15, -0.1) is 0 Å². The number of benzene rings is 1. The number of hydrogen-bond donors (Lipinski definition) is 2. The maximum atomic E-state index is 13.0. The molecule has 2 N–H and O–H groups in total. The molecule has 4 heteroatoms. The van der Waals surface area contributed by atoms with Crippen LogP contribution in [0.4, 0.5) is 4.39 Å². The van der Waals surface area contributed by atoms with Gasteiger partial charge in [-0.05, 0) is 44.0 Å². The van der Waals surface area contributed by atoms with Crippen molar-refractivity contribution in [3.8, 4) is 0 Å². The minimum Gasteiger partial charge on any atom is -0.393 e. The van der Waals surface area contributed by atoms with E-state index in [1.165, 1.54) is 6.07 Å². The standard InChI is InChI=1S/C13H19ClFNO/c1-3-11(17)6-7-16-9(2)10-4-5-13(15)12(14)8-10/h4-5,8-9,11,16-17H,3,6-7H2,1-2H3. The average Bonchev–Trinajstić information content (AvgIpc) is 2.32. The van der Waals surface area contributed by atoms with Gasteiger partial charge in [-0.3, -0.25) is 0 Å². The molecule has 0 amide bonds. The number of halogens is 2. The Bertz CT molecular complexity index is 359. The van der Waals surface area contributed by atoms with Crippen molar-refractivity contribution in [3.05, 3.63) is 34.6 Å². The van der Waals surface area contributed by atoms with Crippen molar-refractivity contribution < 1.29 is 9.50 Å². The van der Waals surface area contributed by atoms with Crippen LogP contribution in [-0.4, -0.2) is 17.8 Å². The average molecular weight is 260 g/mol. The Kier molecular flexibility index (Phi) is 5.89. The lowest BCUT2D eigenvalue weighted by Gasteiger charge is -2.16. The van der Waals surface area contributed by atoms with E-state index in [1.54, 1.807) is 12.1 Å². The van der Waals surface area contributed by atoms with Crippen molar-refractivity contribution in [3.63, 3.8) is 0 Å². The molecule has 96 valence electrons. The van der Waals surface area contributed by atoms with Crippen LogP contribution in [0.1, 0.15) is 38.3 Å². The summed E-state index contributed by atoms with van der Waals surface area (Å²) in [5.74, 6) is -0.399. The summed E-state index contributed by atoms with van der Waals surface area (Å²) < 4.78 is 13.0. The molecule has 2 atom stereocenters. The molecule has 0 fully saturated rings. The third-order valence-corrected chi connectivity index (χ3v) is 3.13. The molecule has 0 aromatic heterocycles. The van der Waals surface area contributed by atoms with Crippen molar-refractivity contribution in [1.29, 1.82) is 0 Å². The minimum absolute atomic E-state index is 0.0946. The van der Waals surface area contributed by atoms with Crippen LogP contribution in [-0.2, 0) is 0 Å². The van der Waals surface area contributed by atoms with E-state index in [4.69, 9.17) is 11.6 Å². The monoisotopic (exact) mass is 259 g/mol. The molecular formula is C13H19ClFNO. The van der Waals surface area contributed by atoms with Crippen molar-refractivity contribution in [1.82, 2.24) is 5.32 Å². The molecule has 17 heavy (non-hydrogen) atoms. The van der Waals surface area contributed by atoms with Gasteiger partial charge in [-0.1, -0.05) is 24.6 Å². The summed E-state index contributed by atoms with van der Waals surface area (Å²) in [5, 5.41) is 12.8. The summed E-state index contributed by atoms with van der Waals surface area (Å²) >= 11 is 5.72. The zero-order valence-electron chi connectivity index (χ0n) is 10.2. The number of nitrogens with one attached hydrogen (secondary N) is 1. The highest BCUT2D eigenvalue weighted by Gasteiger charge is 2.08.